The third-order valence-corrected chi connectivity index (χ3v) is 4.36. The summed E-state index contributed by atoms with van der Waals surface area (Å²) in [5, 5.41) is 3.87. The lowest BCUT2D eigenvalue weighted by atomic mass is 9.97. The second-order valence-electron chi connectivity index (χ2n) is 6.15. The molecule has 0 aliphatic carbocycles. The molecule has 134 valence electrons. The van der Waals surface area contributed by atoms with Gasteiger partial charge in [-0.25, -0.2) is 9.37 Å². The number of H-pyrrole nitrogens is 1. The lowest BCUT2D eigenvalue weighted by Crippen LogP contribution is -2.39. The van der Waals surface area contributed by atoms with E-state index in [2.05, 4.69) is 20.1 Å². The first-order valence-corrected chi connectivity index (χ1v) is 8.19. The molecule has 0 saturated carbocycles. The van der Waals surface area contributed by atoms with E-state index >= 15 is 0 Å². The highest BCUT2D eigenvalue weighted by molar-refractivity contribution is 5.94. The van der Waals surface area contributed by atoms with Crippen LogP contribution >= 0.6 is 0 Å². The molecule has 0 radical (unpaired) electrons. The van der Waals surface area contributed by atoms with Crippen LogP contribution in [-0.4, -0.2) is 44.0 Å². The minimum Gasteiger partial charge on any atom is -0.356 e. The van der Waals surface area contributed by atoms with Gasteiger partial charge in [0.2, 0.25) is 17.7 Å². The molecule has 0 spiro atoms. The van der Waals surface area contributed by atoms with E-state index in [4.69, 9.17) is 4.52 Å². The van der Waals surface area contributed by atoms with E-state index in [-0.39, 0.29) is 17.6 Å². The van der Waals surface area contributed by atoms with Gasteiger partial charge in [0.15, 0.2) is 0 Å². The topological polar surface area (TPSA) is 87.9 Å². The molecule has 1 N–H and O–H groups in total. The molecule has 4 rings (SSSR count). The Labute approximate surface area is 147 Å². The number of aromatic amines is 1. The number of carbonyl (C=O) groups is 1. The number of nitrogens with one attached hydrogen (secondary N) is 1. The van der Waals surface area contributed by atoms with Crippen LogP contribution in [0.25, 0.3) is 11.5 Å². The van der Waals surface area contributed by atoms with Crippen LogP contribution < -0.4 is 0 Å². The van der Waals surface area contributed by atoms with Crippen molar-refractivity contribution in [2.45, 2.75) is 18.8 Å². The first-order valence-electron chi connectivity index (χ1n) is 8.19. The number of piperidine rings is 1. The summed E-state index contributed by atoms with van der Waals surface area (Å²) in [5.41, 5.74) is 0.763. The molecule has 0 unspecified atom stereocenters. The van der Waals surface area contributed by atoms with Crippen molar-refractivity contribution in [1.29, 1.82) is 0 Å². The summed E-state index contributed by atoms with van der Waals surface area (Å²) in [4.78, 5) is 24.8. The predicted octanol–water partition coefficient (Wildman–Crippen LogP) is 2.76. The standard InChI is InChI=1S/C17H15F2N5O2/c18-12-6-13(20-8-12)15-22-16(26-23-15)11-2-1-5-24(9-11)17(25)10-3-4-14(19)21-7-10/h3-4,6-8,11,20H,1-2,5,9H2/t11-/m0/s1. The third-order valence-electron chi connectivity index (χ3n) is 4.36. The van der Waals surface area contributed by atoms with Crippen LogP contribution in [0.3, 0.4) is 0 Å². The summed E-state index contributed by atoms with van der Waals surface area (Å²) in [6.07, 6.45) is 4.01. The van der Waals surface area contributed by atoms with Gasteiger partial charge >= 0.3 is 0 Å². The predicted molar refractivity (Wildman–Crippen MR) is 86.1 cm³/mol. The van der Waals surface area contributed by atoms with Crippen molar-refractivity contribution in [2.75, 3.05) is 13.1 Å². The number of pyridine rings is 1. The fourth-order valence-corrected chi connectivity index (χ4v) is 3.06. The Balaban J connectivity index is 1.49. The fourth-order valence-electron chi connectivity index (χ4n) is 3.06. The van der Waals surface area contributed by atoms with Gasteiger partial charge in [0, 0.05) is 31.5 Å². The summed E-state index contributed by atoms with van der Waals surface area (Å²) in [6, 6.07) is 3.86. The van der Waals surface area contributed by atoms with E-state index in [9.17, 15) is 13.6 Å². The maximum atomic E-state index is 13.1. The highest BCUT2D eigenvalue weighted by Gasteiger charge is 2.29. The van der Waals surface area contributed by atoms with Crippen molar-refractivity contribution >= 4 is 5.91 Å². The minimum atomic E-state index is -0.628. The summed E-state index contributed by atoms with van der Waals surface area (Å²) < 4.78 is 31.4. The van der Waals surface area contributed by atoms with Gasteiger partial charge in [0.05, 0.1) is 17.2 Å². The largest absolute Gasteiger partial charge is 0.356 e. The number of amides is 1. The average molecular weight is 359 g/mol. The van der Waals surface area contributed by atoms with Gasteiger partial charge < -0.3 is 14.4 Å². The van der Waals surface area contributed by atoms with E-state index in [1.807, 2.05) is 0 Å². The van der Waals surface area contributed by atoms with Crippen molar-refractivity contribution in [3.05, 3.63) is 53.8 Å². The average Bonchev–Trinajstić information content (AvgIpc) is 3.31. The van der Waals surface area contributed by atoms with Crippen molar-refractivity contribution in [2.24, 2.45) is 0 Å². The Kier molecular flexibility index (Phi) is 4.19. The van der Waals surface area contributed by atoms with E-state index < -0.39 is 11.8 Å². The summed E-state index contributed by atoms with van der Waals surface area (Å²) >= 11 is 0. The van der Waals surface area contributed by atoms with Crippen LogP contribution in [0, 0.1) is 11.8 Å². The molecule has 4 heterocycles. The molecule has 9 heteroatoms. The van der Waals surface area contributed by atoms with Crippen LogP contribution in [0.4, 0.5) is 8.78 Å². The number of nitrogens with zero attached hydrogens (tertiary/aromatic N) is 4. The first kappa shape index (κ1) is 16.4. The Morgan fingerprint density at radius 1 is 1.35 bits per heavy atom. The zero-order valence-corrected chi connectivity index (χ0v) is 13.7. The van der Waals surface area contributed by atoms with Gasteiger partial charge in [0.1, 0.15) is 5.82 Å². The second kappa shape index (κ2) is 6.66. The zero-order chi connectivity index (χ0) is 18.1. The fraction of sp³-hybridized carbons (Fsp3) is 0.294. The summed E-state index contributed by atoms with van der Waals surface area (Å²) in [7, 11) is 0. The van der Waals surface area contributed by atoms with Gasteiger partial charge in [-0.15, -0.1) is 0 Å². The van der Waals surface area contributed by atoms with Gasteiger partial charge in [-0.3, -0.25) is 4.79 Å². The second-order valence-corrected chi connectivity index (χ2v) is 6.15. The molecule has 0 aromatic carbocycles. The molecule has 3 aromatic rings. The molecule has 1 saturated heterocycles. The molecule has 26 heavy (non-hydrogen) atoms. The molecule has 1 atom stereocenters. The summed E-state index contributed by atoms with van der Waals surface area (Å²) in [6.45, 7) is 1.01. The molecule has 1 aliphatic rings. The van der Waals surface area contributed by atoms with Crippen molar-refractivity contribution in [1.82, 2.24) is 25.0 Å². The normalized spacial score (nSPS) is 17.5. The molecule has 7 nitrogen and oxygen atoms in total. The number of hydrogen-bond acceptors (Lipinski definition) is 5. The van der Waals surface area contributed by atoms with E-state index in [0.717, 1.165) is 18.9 Å². The van der Waals surface area contributed by atoms with Crippen molar-refractivity contribution in [3.63, 3.8) is 0 Å². The van der Waals surface area contributed by atoms with Crippen molar-refractivity contribution in [3.8, 4) is 11.5 Å². The number of halogens is 2. The number of aromatic nitrogens is 4. The van der Waals surface area contributed by atoms with Gasteiger partial charge in [-0.1, -0.05) is 5.16 Å². The number of likely N-dealkylation sites (tertiary alicyclic amines) is 1. The minimum absolute atomic E-state index is 0.109. The van der Waals surface area contributed by atoms with E-state index in [0.29, 0.717) is 30.2 Å². The lowest BCUT2D eigenvalue weighted by molar-refractivity contribution is 0.0695. The number of carbonyl (C=O) groups excluding carboxylic acids is 1. The SMILES string of the molecule is O=C(c1ccc(F)nc1)N1CCC[C@H](c2nc(-c3cc(F)c[nH]3)no2)C1. The monoisotopic (exact) mass is 359 g/mol. The van der Waals surface area contributed by atoms with Gasteiger partial charge in [0.25, 0.3) is 5.91 Å². The van der Waals surface area contributed by atoms with Crippen LogP contribution in [-0.2, 0) is 0 Å². The smallest absolute Gasteiger partial charge is 0.255 e. The lowest BCUT2D eigenvalue weighted by Gasteiger charge is -2.31. The van der Waals surface area contributed by atoms with Crippen LogP contribution in [0.5, 0.6) is 0 Å². The molecule has 3 aromatic heterocycles. The zero-order valence-electron chi connectivity index (χ0n) is 13.7. The maximum absolute atomic E-state index is 13.1. The third kappa shape index (κ3) is 3.19. The van der Waals surface area contributed by atoms with E-state index in [1.165, 1.54) is 24.5 Å². The first-order chi connectivity index (χ1) is 12.6. The Morgan fingerprint density at radius 2 is 2.23 bits per heavy atom. The highest BCUT2D eigenvalue weighted by atomic mass is 19.1. The Bertz CT molecular complexity index is 921. The molecule has 1 aliphatic heterocycles. The van der Waals surface area contributed by atoms with Crippen LogP contribution in [0.1, 0.15) is 35.0 Å². The number of hydrogen-bond donors (Lipinski definition) is 1. The van der Waals surface area contributed by atoms with Crippen LogP contribution in [0.15, 0.2) is 35.1 Å². The maximum Gasteiger partial charge on any atom is 0.255 e. The molecular formula is C17H15F2N5O2. The van der Waals surface area contributed by atoms with E-state index in [1.54, 1.807) is 4.90 Å². The van der Waals surface area contributed by atoms with Gasteiger partial charge in [-0.2, -0.15) is 9.37 Å². The Hall–Kier alpha value is -3.10. The molecule has 1 fully saturated rings. The molecule has 1 amide bonds. The van der Waals surface area contributed by atoms with Gasteiger partial charge in [-0.05, 0) is 25.0 Å². The number of rotatable bonds is 3. The molecule has 0 bridgehead atoms. The highest BCUT2D eigenvalue weighted by Crippen LogP contribution is 2.28. The van der Waals surface area contributed by atoms with Crippen molar-refractivity contribution < 1.29 is 18.1 Å². The quantitative estimate of drug-likeness (QED) is 0.727. The van der Waals surface area contributed by atoms with Crippen LogP contribution in [0.2, 0.25) is 0 Å². The molecular weight excluding hydrogens is 344 g/mol. The Morgan fingerprint density at radius 3 is 2.96 bits per heavy atom. The summed E-state index contributed by atoms with van der Waals surface area (Å²) in [5.74, 6) is -0.679.